The molecule has 3 heterocycles. The monoisotopic (exact) mass is 609 g/mol. The molecule has 0 spiro atoms. The Morgan fingerprint density at radius 3 is 2.05 bits per heavy atom. The molecule has 0 fully saturated rings. The van der Waals surface area contributed by atoms with Crippen molar-refractivity contribution in [1.82, 2.24) is 30.3 Å². The third-order valence-electron chi connectivity index (χ3n) is 6.54. The second kappa shape index (κ2) is 13.7. The van der Waals surface area contributed by atoms with Gasteiger partial charge in [0.25, 0.3) is 5.91 Å². The van der Waals surface area contributed by atoms with Gasteiger partial charge in [0, 0.05) is 50.8 Å². The molecule has 8 nitrogen and oxygen atoms in total. The van der Waals surface area contributed by atoms with Crippen LogP contribution in [0.1, 0.15) is 27.3 Å². The van der Waals surface area contributed by atoms with Gasteiger partial charge in [0.15, 0.2) is 5.69 Å². The van der Waals surface area contributed by atoms with E-state index in [1.54, 1.807) is 6.92 Å². The van der Waals surface area contributed by atoms with Crippen LogP contribution in [0.5, 0.6) is 0 Å². The van der Waals surface area contributed by atoms with E-state index in [-0.39, 0.29) is 18.3 Å². The molecule has 0 radical (unpaired) electrons. The van der Waals surface area contributed by atoms with Crippen molar-refractivity contribution in [2.75, 3.05) is 13.1 Å². The van der Waals surface area contributed by atoms with Crippen LogP contribution >= 0.6 is 35.6 Å². The maximum atomic E-state index is 12.5. The summed E-state index contributed by atoms with van der Waals surface area (Å²) in [6, 6.07) is 21.1. The number of amides is 1. The number of fused-ring (bicyclic) bond motifs is 2. The van der Waals surface area contributed by atoms with Gasteiger partial charge in [-0.25, -0.2) is 0 Å². The minimum Gasteiger partial charge on any atom is -0.361 e. The number of rotatable bonds is 7. The van der Waals surface area contributed by atoms with Crippen molar-refractivity contribution in [1.29, 1.82) is 0 Å². The van der Waals surface area contributed by atoms with Gasteiger partial charge in [-0.15, -0.1) is 17.5 Å². The first-order valence-electron chi connectivity index (χ1n) is 12.9. The Bertz CT molecular complexity index is 1760. The van der Waals surface area contributed by atoms with Gasteiger partial charge >= 0.3 is 0 Å². The number of halogens is 3. The third-order valence-corrected chi connectivity index (χ3v) is 7.01. The lowest BCUT2D eigenvalue weighted by molar-refractivity contribution is 0.0948. The SMILES string of the molecule is Cc1nn(-c2ccccc2)nc1C(=O)NCCc1c[nH]c2ccc(Cl)cc12.Cl.NCCc1c[nH]c2ccc(Cl)cc12. The number of hydrogen-bond acceptors (Lipinski definition) is 4. The summed E-state index contributed by atoms with van der Waals surface area (Å²) in [7, 11) is 0. The van der Waals surface area contributed by atoms with Crippen LogP contribution < -0.4 is 11.1 Å². The van der Waals surface area contributed by atoms with E-state index >= 15 is 0 Å². The van der Waals surface area contributed by atoms with Gasteiger partial charge in [0.2, 0.25) is 0 Å². The molecule has 3 aromatic heterocycles. The molecule has 0 saturated carbocycles. The fourth-order valence-corrected chi connectivity index (χ4v) is 4.87. The molecular weight excluding hydrogens is 581 g/mol. The number of aryl methyl sites for hydroxylation is 1. The second-order valence-electron chi connectivity index (χ2n) is 9.31. The van der Waals surface area contributed by atoms with Gasteiger partial charge in [-0.1, -0.05) is 41.4 Å². The fourth-order valence-electron chi connectivity index (χ4n) is 4.53. The van der Waals surface area contributed by atoms with Gasteiger partial charge in [-0.2, -0.15) is 9.90 Å². The van der Waals surface area contributed by atoms with Gasteiger partial charge in [0.05, 0.1) is 11.4 Å². The van der Waals surface area contributed by atoms with E-state index in [4.69, 9.17) is 28.9 Å². The summed E-state index contributed by atoms with van der Waals surface area (Å²) in [6.07, 6.45) is 5.52. The Morgan fingerprint density at radius 2 is 1.46 bits per heavy atom. The van der Waals surface area contributed by atoms with Crippen molar-refractivity contribution in [3.05, 3.63) is 112 Å². The van der Waals surface area contributed by atoms with Crippen molar-refractivity contribution >= 4 is 63.3 Å². The van der Waals surface area contributed by atoms with Crippen molar-refractivity contribution in [2.24, 2.45) is 5.73 Å². The minimum absolute atomic E-state index is 0. The lowest BCUT2D eigenvalue weighted by atomic mass is 10.1. The maximum absolute atomic E-state index is 12.5. The van der Waals surface area contributed by atoms with Crippen LogP contribution in [0, 0.1) is 6.92 Å². The molecule has 0 saturated heterocycles. The summed E-state index contributed by atoms with van der Waals surface area (Å²) in [5.41, 5.74) is 11.7. The van der Waals surface area contributed by atoms with E-state index in [0.717, 1.165) is 39.1 Å². The molecule has 11 heteroatoms. The number of para-hydroxylation sites is 1. The van der Waals surface area contributed by atoms with Gasteiger partial charge in [-0.05, 0) is 86.0 Å². The molecule has 0 atom stereocenters. The highest BCUT2D eigenvalue weighted by atomic mass is 35.5. The average molecular weight is 611 g/mol. The fraction of sp³-hybridized carbons (Fsp3) is 0.167. The Hall–Kier alpha value is -3.82. The zero-order valence-corrected chi connectivity index (χ0v) is 24.7. The molecule has 0 bridgehead atoms. The Morgan fingerprint density at radius 1 is 0.878 bits per heavy atom. The summed E-state index contributed by atoms with van der Waals surface area (Å²) >= 11 is 12.0. The summed E-state index contributed by atoms with van der Waals surface area (Å²) in [5.74, 6) is -0.229. The number of H-pyrrole nitrogens is 2. The standard InChI is InChI=1S/C20H18ClN5O.C10H11ClN2.ClH/c1-13-19(25-26(24-13)16-5-3-2-4-6-16)20(27)22-10-9-14-12-23-18-8-7-15(21)11-17(14)18;11-8-1-2-10-9(5-8)7(3-4-12)6-13-10;/h2-8,11-12,23H,9-10H2,1H3,(H,22,27);1-2,5-6,13H,3-4,12H2;1H. The van der Waals surface area contributed by atoms with Gasteiger partial charge < -0.3 is 21.0 Å². The summed E-state index contributed by atoms with van der Waals surface area (Å²) in [5, 5.41) is 15.3. The first-order chi connectivity index (χ1) is 19.4. The van der Waals surface area contributed by atoms with E-state index in [1.165, 1.54) is 15.7 Å². The second-order valence-corrected chi connectivity index (χ2v) is 10.2. The van der Waals surface area contributed by atoms with Gasteiger partial charge in [0.1, 0.15) is 0 Å². The summed E-state index contributed by atoms with van der Waals surface area (Å²) < 4.78 is 0. The number of aromatic nitrogens is 5. The average Bonchev–Trinajstić information content (AvgIpc) is 3.67. The lowest BCUT2D eigenvalue weighted by Crippen LogP contribution is -2.26. The van der Waals surface area contributed by atoms with E-state index in [0.29, 0.717) is 35.9 Å². The van der Waals surface area contributed by atoms with E-state index in [1.807, 2.05) is 79.1 Å². The molecule has 6 aromatic rings. The smallest absolute Gasteiger partial charge is 0.273 e. The molecule has 0 aliphatic carbocycles. The first kappa shape index (κ1) is 30.1. The highest BCUT2D eigenvalue weighted by molar-refractivity contribution is 6.31. The number of benzene rings is 3. The van der Waals surface area contributed by atoms with Crippen LogP contribution in [0.2, 0.25) is 10.0 Å². The number of carbonyl (C=O) groups is 1. The normalized spacial score (nSPS) is 10.7. The van der Waals surface area contributed by atoms with Crippen LogP contribution in [0.15, 0.2) is 79.1 Å². The molecule has 5 N–H and O–H groups in total. The quantitative estimate of drug-likeness (QED) is 0.167. The zero-order chi connectivity index (χ0) is 28.1. The molecule has 212 valence electrons. The third kappa shape index (κ3) is 7.10. The number of nitrogens with zero attached hydrogens (tertiary/aromatic N) is 3. The maximum Gasteiger partial charge on any atom is 0.273 e. The van der Waals surface area contributed by atoms with Crippen molar-refractivity contribution in [3.63, 3.8) is 0 Å². The predicted molar refractivity (Wildman–Crippen MR) is 169 cm³/mol. The van der Waals surface area contributed by atoms with Crippen molar-refractivity contribution in [2.45, 2.75) is 19.8 Å². The van der Waals surface area contributed by atoms with Crippen LogP contribution in [0.3, 0.4) is 0 Å². The molecular formula is C30H30Cl3N7O. The Labute approximate surface area is 253 Å². The molecule has 6 rings (SSSR count). The van der Waals surface area contributed by atoms with Crippen LogP contribution in [0.25, 0.3) is 27.5 Å². The Kier molecular flexibility index (Phi) is 10.1. The number of carbonyl (C=O) groups excluding carboxylic acids is 1. The number of nitrogens with two attached hydrogens (primary N) is 1. The van der Waals surface area contributed by atoms with Crippen LogP contribution in [0.4, 0.5) is 0 Å². The lowest BCUT2D eigenvalue weighted by Gasteiger charge is -2.03. The molecule has 41 heavy (non-hydrogen) atoms. The largest absolute Gasteiger partial charge is 0.361 e. The highest BCUT2D eigenvalue weighted by Crippen LogP contribution is 2.23. The first-order valence-corrected chi connectivity index (χ1v) is 13.7. The molecule has 0 aliphatic heterocycles. The van der Waals surface area contributed by atoms with Crippen molar-refractivity contribution < 1.29 is 4.79 Å². The molecule has 1 amide bonds. The van der Waals surface area contributed by atoms with E-state index in [9.17, 15) is 4.79 Å². The predicted octanol–water partition coefficient (Wildman–Crippen LogP) is 6.43. The van der Waals surface area contributed by atoms with Crippen molar-refractivity contribution in [3.8, 4) is 5.69 Å². The summed E-state index contributed by atoms with van der Waals surface area (Å²) in [4.78, 5) is 20.4. The molecule has 3 aromatic carbocycles. The van der Waals surface area contributed by atoms with E-state index in [2.05, 4.69) is 25.5 Å². The minimum atomic E-state index is -0.229. The zero-order valence-electron chi connectivity index (χ0n) is 22.3. The van der Waals surface area contributed by atoms with Crippen LogP contribution in [-0.4, -0.2) is 44.0 Å². The summed E-state index contributed by atoms with van der Waals surface area (Å²) in [6.45, 7) is 2.94. The topological polar surface area (TPSA) is 117 Å². The van der Waals surface area contributed by atoms with Crippen LogP contribution in [-0.2, 0) is 12.8 Å². The highest BCUT2D eigenvalue weighted by Gasteiger charge is 2.16. The molecule has 0 unspecified atom stereocenters. The molecule has 0 aliphatic rings. The number of nitrogens with one attached hydrogen (secondary N) is 3. The van der Waals surface area contributed by atoms with Gasteiger partial charge in [-0.3, -0.25) is 4.79 Å². The number of hydrogen-bond donors (Lipinski definition) is 4. The van der Waals surface area contributed by atoms with E-state index < -0.39 is 0 Å². The number of aromatic amines is 2. The Balaban J connectivity index is 0.000000233.